The molecule has 2 rings (SSSR count). The van der Waals surface area contributed by atoms with Crippen molar-refractivity contribution in [2.24, 2.45) is 0 Å². The lowest BCUT2D eigenvalue weighted by molar-refractivity contribution is 0.102. The number of halogens is 1. The van der Waals surface area contributed by atoms with Crippen LogP contribution in [0.15, 0.2) is 18.3 Å². The van der Waals surface area contributed by atoms with E-state index in [2.05, 4.69) is 25.5 Å². The molecular formula is C13H14ClN5O. The van der Waals surface area contributed by atoms with Gasteiger partial charge in [-0.3, -0.25) is 10.1 Å². The first kappa shape index (κ1) is 14.3. The number of hydrogen-bond donors (Lipinski definition) is 1. The molecule has 2 heterocycles. The lowest BCUT2D eigenvalue weighted by atomic mass is 10.2. The Labute approximate surface area is 121 Å². The fraction of sp³-hybridized carbons (Fsp3) is 0.308. The summed E-state index contributed by atoms with van der Waals surface area (Å²) in [6, 6.07) is 3.04. The monoisotopic (exact) mass is 291 g/mol. The molecule has 2 aromatic heterocycles. The molecule has 2 aromatic rings. The first-order chi connectivity index (χ1) is 9.63. The third-order valence-electron chi connectivity index (χ3n) is 2.72. The second-order valence-corrected chi connectivity index (χ2v) is 4.44. The van der Waals surface area contributed by atoms with E-state index in [0.29, 0.717) is 5.56 Å². The second-order valence-electron chi connectivity index (χ2n) is 4.06. The van der Waals surface area contributed by atoms with Crippen LogP contribution in [0.4, 0.5) is 5.95 Å². The lowest BCUT2D eigenvalue weighted by Crippen LogP contribution is -2.16. The van der Waals surface area contributed by atoms with Gasteiger partial charge in [-0.05, 0) is 25.0 Å². The Bertz CT molecular complexity index is 632. The van der Waals surface area contributed by atoms with Crippen molar-refractivity contribution in [3.8, 4) is 0 Å². The maximum Gasteiger partial charge on any atom is 0.258 e. The van der Waals surface area contributed by atoms with E-state index in [1.165, 1.54) is 12.3 Å². The maximum atomic E-state index is 12.0. The van der Waals surface area contributed by atoms with Gasteiger partial charge in [0, 0.05) is 11.8 Å². The normalized spacial score (nSPS) is 10.3. The Morgan fingerprint density at radius 3 is 2.65 bits per heavy atom. The van der Waals surface area contributed by atoms with Crippen LogP contribution < -0.4 is 5.32 Å². The van der Waals surface area contributed by atoms with Crippen LogP contribution in [0.2, 0.25) is 5.15 Å². The Morgan fingerprint density at radius 1 is 1.25 bits per heavy atom. The molecule has 20 heavy (non-hydrogen) atoms. The summed E-state index contributed by atoms with van der Waals surface area (Å²) in [5, 5.41) is 10.8. The van der Waals surface area contributed by atoms with E-state index in [0.717, 1.165) is 24.2 Å². The molecular weight excluding hydrogens is 278 g/mol. The number of pyridine rings is 1. The minimum atomic E-state index is -0.345. The second kappa shape index (κ2) is 6.38. The zero-order valence-electron chi connectivity index (χ0n) is 11.2. The lowest BCUT2D eigenvalue weighted by Gasteiger charge is -2.07. The Balaban J connectivity index is 2.19. The fourth-order valence-corrected chi connectivity index (χ4v) is 1.88. The van der Waals surface area contributed by atoms with Gasteiger partial charge in [-0.2, -0.15) is 0 Å². The van der Waals surface area contributed by atoms with Gasteiger partial charge in [0.15, 0.2) is 0 Å². The molecule has 0 saturated heterocycles. The summed E-state index contributed by atoms with van der Waals surface area (Å²) in [5.74, 6) is -0.153. The van der Waals surface area contributed by atoms with E-state index in [4.69, 9.17) is 11.6 Å². The van der Waals surface area contributed by atoms with Gasteiger partial charge in [0.2, 0.25) is 5.95 Å². The van der Waals surface area contributed by atoms with Crippen molar-refractivity contribution in [1.82, 2.24) is 20.2 Å². The molecule has 1 amide bonds. The number of nitrogens with zero attached hydrogens (tertiary/aromatic N) is 4. The summed E-state index contributed by atoms with van der Waals surface area (Å²) in [6.07, 6.45) is 2.97. The van der Waals surface area contributed by atoms with Crippen molar-refractivity contribution in [2.45, 2.75) is 26.7 Å². The largest absolute Gasteiger partial charge is 0.289 e. The van der Waals surface area contributed by atoms with Gasteiger partial charge in [0.25, 0.3) is 5.91 Å². The summed E-state index contributed by atoms with van der Waals surface area (Å²) < 4.78 is 0. The number of carbonyl (C=O) groups is 1. The van der Waals surface area contributed by atoms with Crippen LogP contribution in [0.1, 0.15) is 35.6 Å². The number of aryl methyl sites for hydroxylation is 2. The topological polar surface area (TPSA) is 80.7 Å². The standard InChI is InChI=1S/C13H14ClN5O/c1-3-9-10(4-2)18-19-13(16-9)17-12(20)8-5-6-15-11(14)7-8/h5-7H,3-4H2,1-2H3,(H,16,17,19,20). The van der Waals surface area contributed by atoms with Crippen LogP contribution >= 0.6 is 11.6 Å². The highest BCUT2D eigenvalue weighted by atomic mass is 35.5. The van der Waals surface area contributed by atoms with E-state index in [-0.39, 0.29) is 17.0 Å². The average molecular weight is 292 g/mol. The molecule has 0 saturated carbocycles. The molecule has 0 aliphatic carbocycles. The predicted octanol–water partition coefficient (Wildman–Crippen LogP) is 2.30. The third kappa shape index (κ3) is 3.27. The number of nitrogens with one attached hydrogen (secondary N) is 1. The van der Waals surface area contributed by atoms with Gasteiger partial charge in [0.1, 0.15) is 5.15 Å². The van der Waals surface area contributed by atoms with Gasteiger partial charge >= 0.3 is 0 Å². The van der Waals surface area contributed by atoms with Crippen LogP contribution in [0.25, 0.3) is 0 Å². The number of rotatable bonds is 4. The Hall–Kier alpha value is -2.08. The van der Waals surface area contributed by atoms with Gasteiger partial charge in [-0.15, -0.1) is 10.2 Å². The summed E-state index contributed by atoms with van der Waals surface area (Å²) >= 11 is 5.74. The average Bonchev–Trinajstić information content (AvgIpc) is 2.47. The molecule has 0 bridgehead atoms. The smallest absolute Gasteiger partial charge is 0.258 e. The van der Waals surface area contributed by atoms with E-state index in [1.807, 2.05) is 13.8 Å². The summed E-state index contributed by atoms with van der Waals surface area (Å²) in [7, 11) is 0. The van der Waals surface area contributed by atoms with Crippen LogP contribution in [-0.4, -0.2) is 26.1 Å². The van der Waals surface area contributed by atoms with E-state index < -0.39 is 0 Å². The van der Waals surface area contributed by atoms with Crippen molar-refractivity contribution in [1.29, 1.82) is 0 Å². The van der Waals surface area contributed by atoms with Crippen LogP contribution in [0, 0.1) is 0 Å². The molecule has 0 radical (unpaired) electrons. The van der Waals surface area contributed by atoms with Crippen molar-refractivity contribution >= 4 is 23.5 Å². The van der Waals surface area contributed by atoms with E-state index in [1.54, 1.807) is 6.07 Å². The van der Waals surface area contributed by atoms with Gasteiger partial charge in [-0.1, -0.05) is 25.4 Å². The van der Waals surface area contributed by atoms with Gasteiger partial charge in [0.05, 0.1) is 11.4 Å². The highest BCUT2D eigenvalue weighted by Crippen LogP contribution is 2.10. The van der Waals surface area contributed by atoms with Crippen molar-refractivity contribution in [2.75, 3.05) is 5.32 Å². The van der Waals surface area contributed by atoms with Crippen LogP contribution in [0.5, 0.6) is 0 Å². The molecule has 0 fully saturated rings. The maximum absolute atomic E-state index is 12.0. The summed E-state index contributed by atoms with van der Waals surface area (Å²) in [4.78, 5) is 20.1. The Morgan fingerprint density at radius 2 is 2.00 bits per heavy atom. The molecule has 0 aliphatic heterocycles. The first-order valence-electron chi connectivity index (χ1n) is 6.29. The van der Waals surface area contributed by atoms with Crippen molar-refractivity contribution in [3.05, 3.63) is 40.4 Å². The molecule has 0 unspecified atom stereocenters. The minimum absolute atomic E-state index is 0.192. The van der Waals surface area contributed by atoms with Crippen LogP contribution in [0.3, 0.4) is 0 Å². The minimum Gasteiger partial charge on any atom is -0.289 e. The van der Waals surface area contributed by atoms with Gasteiger partial charge < -0.3 is 0 Å². The third-order valence-corrected chi connectivity index (χ3v) is 2.93. The molecule has 1 N–H and O–H groups in total. The first-order valence-corrected chi connectivity index (χ1v) is 6.67. The number of anilines is 1. The molecule has 7 heteroatoms. The zero-order valence-corrected chi connectivity index (χ0v) is 12.0. The number of aromatic nitrogens is 4. The van der Waals surface area contributed by atoms with Crippen molar-refractivity contribution < 1.29 is 4.79 Å². The molecule has 0 atom stereocenters. The number of carbonyl (C=O) groups excluding carboxylic acids is 1. The quantitative estimate of drug-likeness (QED) is 0.874. The van der Waals surface area contributed by atoms with Gasteiger partial charge in [-0.25, -0.2) is 9.97 Å². The molecule has 0 aliphatic rings. The van der Waals surface area contributed by atoms with E-state index >= 15 is 0 Å². The zero-order chi connectivity index (χ0) is 14.5. The van der Waals surface area contributed by atoms with Crippen molar-refractivity contribution in [3.63, 3.8) is 0 Å². The summed E-state index contributed by atoms with van der Waals surface area (Å²) in [5.41, 5.74) is 2.08. The fourth-order valence-electron chi connectivity index (χ4n) is 1.71. The Kier molecular flexibility index (Phi) is 4.57. The number of hydrogen-bond acceptors (Lipinski definition) is 5. The highest BCUT2D eigenvalue weighted by molar-refractivity contribution is 6.29. The molecule has 104 valence electrons. The van der Waals surface area contributed by atoms with E-state index in [9.17, 15) is 4.79 Å². The molecule has 0 spiro atoms. The molecule has 6 nitrogen and oxygen atoms in total. The highest BCUT2D eigenvalue weighted by Gasteiger charge is 2.11. The SMILES string of the molecule is CCc1nnc(NC(=O)c2ccnc(Cl)c2)nc1CC. The number of amides is 1. The van der Waals surface area contributed by atoms with Crippen LogP contribution in [-0.2, 0) is 12.8 Å². The molecule has 0 aromatic carbocycles. The summed E-state index contributed by atoms with van der Waals surface area (Å²) in [6.45, 7) is 3.97. The predicted molar refractivity (Wildman–Crippen MR) is 75.8 cm³/mol.